The molecule has 0 saturated heterocycles. The summed E-state index contributed by atoms with van der Waals surface area (Å²) in [6, 6.07) is 0. The fourth-order valence-corrected chi connectivity index (χ4v) is 3.07. The van der Waals surface area contributed by atoms with Crippen molar-refractivity contribution in [3.05, 3.63) is 12.2 Å². The minimum atomic E-state index is -0.366. The molecule has 0 aromatic heterocycles. The highest BCUT2D eigenvalue weighted by Crippen LogP contribution is 2.27. The molecule has 0 rings (SSSR count). The van der Waals surface area contributed by atoms with Gasteiger partial charge in [0.25, 0.3) is 0 Å². The van der Waals surface area contributed by atoms with Crippen LogP contribution in [0.4, 0.5) is 0 Å². The van der Waals surface area contributed by atoms with Gasteiger partial charge in [-0.05, 0) is 37.0 Å². The predicted molar refractivity (Wildman–Crippen MR) is 122 cm³/mol. The van der Waals surface area contributed by atoms with Crippen molar-refractivity contribution in [2.45, 2.75) is 100 Å². The zero-order valence-electron chi connectivity index (χ0n) is 20.2. The number of aliphatic hydroxyl groups is 1. The summed E-state index contributed by atoms with van der Waals surface area (Å²) in [5, 5.41) is 9.52. The molecule has 0 bridgehead atoms. The highest BCUT2D eigenvalue weighted by atomic mass is 16.5. The molecule has 0 aliphatic rings. The third kappa shape index (κ3) is 16.2. The fraction of sp³-hybridized carbons (Fsp3) is 0.880. The van der Waals surface area contributed by atoms with Crippen LogP contribution in [0.1, 0.15) is 100 Å². The number of aliphatic hydroxyl groups excluding tert-OH is 1. The molecule has 0 aliphatic carbocycles. The zero-order valence-corrected chi connectivity index (χ0v) is 20.2. The van der Waals surface area contributed by atoms with Crippen molar-refractivity contribution in [2.75, 3.05) is 13.2 Å². The Hall–Kier alpha value is -0.830. The summed E-state index contributed by atoms with van der Waals surface area (Å²) in [5.41, 5.74) is 0.407. The molecular weight excluding hydrogens is 348 g/mol. The van der Waals surface area contributed by atoms with Gasteiger partial charge in [-0.25, -0.2) is 4.79 Å². The second-order valence-corrected chi connectivity index (χ2v) is 9.10. The lowest BCUT2D eigenvalue weighted by atomic mass is 9.83. The molecule has 0 aromatic rings. The van der Waals surface area contributed by atoms with Crippen molar-refractivity contribution in [1.29, 1.82) is 0 Å². The van der Waals surface area contributed by atoms with E-state index in [1.165, 1.54) is 38.5 Å². The Balaban J connectivity index is 0. The van der Waals surface area contributed by atoms with Crippen LogP contribution in [0.25, 0.3) is 0 Å². The lowest BCUT2D eigenvalue weighted by Gasteiger charge is -2.24. The third-order valence-corrected chi connectivity index (χ3v) is 5.69. The summed E-state index contributed by atoms with van der Waals surface area (Å²) in [6.07, 6.45) is 8.47. The van der Waals surface area contributed by atoms with Crippen LogP contribution >= 0.6 is 0 Å². The van der Waals surface area contributed by atoms with Gasteiger partial charge < -0.3 is 9.84 Å². The first kappa shape index (κ1) is 29.4. The van der Waals surface area contributed by atoms with Crippen molar-refractivity contribution < 1.29 is 14.6 Å². The van der Waals surface area contributed by atoms with Crippen molar-refractivity contribution in [2.24, 2.45) is 29.6 Å². The highest BCUT2D eigenvalue weighted by Gasteiger charge is 2.18. The van der Waals surface area contributed by atoms with Gasteiger partial charge in [0.2, 0.25) is 0 Å². The molecule has 1 N–H and O–H groups in total. The van der Waals surface area contributed by atoms with Gasteiger partial charge in [-0.2, -0.15) is 0 Å². The van der Waals surface area contributed by atoms with Gasteiger partial charge >= 0.3 is 5.97 Å². The number of rotatable bonds is 14. The summed E-state index contributed by atoms with van der Waals surface area (Å²) in [6.45, 7) is 21.4. The SMILES string of the molecule is C=C(C)C(=O)OCC(CO)CC(C)CCC(C)C(C)CCC(C)CC.CCC. The maximum atomic E-state index is 11.5. The average Bonchev–Trinajstić information content (AvgIpc) is 2.66. The molecule has 0 heterocycles. The summed E-state index contributed by atoms with van der Waals surface area (Å²) >= 11 is 0. The Morgan fingerprint density at radius 2 is 1.39 bits per heavy atom. The van der Waals surface area contributed by atoms with Crippen LogP contribution in [-0.2, 0) is 9.53 Å². The largest absolute Gasteiger partial charge is 0.462 e. The maximum Gasteiger partial charge on any atom is 0.333 e. The Labute approximate surface area is 176 Å². The van der Waals surface area contributed by atoms with Crippen LogP contribution in [0, 0.1) is 29.6 Å². The normalized spacial score (nSPS) is 16.2. The third-order valence-electron chi connectivity index (χ3n) is 5.69. The minimum Gasteiger partial charge on any atom is -0.462 e. The summed E-state index contributed by atoms with van der Waals surface area (Å²) in [4.78, 5) is 11.5. The molecule has 0 aliphatic heterocycles. The van der Waals surface area contributed by atoms with Gasteiger partial charge in [-0.1, -0.05) is 93.6 Å². The summed E-state index contributed by atoms with van der Waals surface area (Å²) in [7, 11) is 0. The van der Waals surface area contributed by atoms with E-state index in [4.69, 9.17) is 4.74 Å². The monoisotopic (exact) mass is 398 g/mol. The Kier molecular flexibility index (Phi) is 19.1. The van der Waals surface area contributed by atoms with Crippen LogP contribution in [0.2, 0.25) is 0 Å². The van der Waals surface area contributed by atoms with Crippen LogP contribution in [-0.4, -0.2) is 24.3 Å². The molecule has 5 unspecified atom stereocenters. The summed E-state index contributed by atoms with van der Waals surface area (Å²) in [5.74, 6) is 2.53. The van der Waals surface area contributed by atoms with E-state index in [0.29, 0.717) is 11.5 Å². The topological polar surface area (TPSA) is 46.5 Å². The molecule has 0 aromatic carbocycles. The molecule has 0 fully saturated rings. The van der Waals surface area contributed by atoms with Crippen molar-refractivity contribution in [1.82, 2.24) is 0 Å². The van der Waals surface area contributed by atoms with Gasteiger partial charge in [0.05, 0.1) is 6.61 Å². The van der Waals surface area contributed by atoms with Crippen molar-refractivity contribution in [3.8, 4) is 0 Å². The Morgan fingerprint density at radius 1 is 0.929 bits per heavy atom. The molecule has 168 valence electrons. The first-order valence-corrected chi connectivity index (χ1v) is 11.6. The fourth-order valence-electron chi connectivity index (χ4n) is 3.07. The molecule has 0 spiro atoms. The lowest BCUT2D eigenvalue weighted by Crippen LogP contribution is -2.20. The Morgan fingerprint density at radius 3 is 1.79 bits per heavy atom. The van der Waals surface area contributed by atoms with E-state index in [1.54, 1.807) is 6.92 Å². The first-order chi connectivity index (χ1) is 13.1. The highest BCUT2D eigenvalue weighted by molar-refractivity contribution is 5.86. The van der Waals surface area contributed by atoms with Crippen LogP contribution in [0.15, 0.2) is 12.2 Å². The maximum absolute atomic E-state index is 11.5. The molecule has 0 radical (unpaired) electrons. The summed E-state index contributed by atoms with van der Waals surface area (Å²) < 4.78 is 5.19. The van der Waals surface area contributed by atoms with Crippen LogP contribution in [0.5, 0.6) is 0 Å². The quantitative estimate of drug-likeness (QED) is 0.252. The van der Waals surface area contributed by atoms with Crippen molar-refractivity contribution >= 4 is 5.97 Å². The van der Waals surface area contributed by atoms with Crippen LogP contribution in [0.3, 0.4) is 0 Å². The van der Waals surface area contributed by atoms with E-state index in [9.17, 15) is 9.90 Å². The molecule has 0 amide bonds. The van der Waals surface area contributed by atoms with E-state index < -0.39 is 0 Å². The first-order valence-electron chi connectivity index (χ1n) is 11.6. The zero-order chi connectivity index (χ0) is 22.1. The van der Waals surface area contributed by atoms with E-state index >= 15 is 0 Å². The predicted octanol–water partition coefficient (Wildman–Crippen LogP) is 7.04. The number of hydrogen-bond donors (Lipinski definition) is 1. The molecule has 0 saturated carbocycles. The Bertz CT molecular complexity index is 391. The van der Waals surface area contributed by atoms with Gasteiger partial charge in [-0.15, -0.1) is 0 Å². The van der Waals surface area contributed by atoms with E-state index in [2.05, 4.69) is 55.0 Å². The number of ether oxygens (including phenoxy) is 1. The standard InChI is InChI=1S/C22H42O3.C3H8/c1-8-17(4)9-11-19(6)20(7)12-10-18(5)13-21(14-23)15-25-22(24)16(2)3;1-3-2/h17-21,23H,2,8-15H2,1,3-7H3;3H2,1-2H3. The minimum absolute atomic E-state index is 0.0245. The second kappa shape index (κ2) is 18.2. The number of carbonyl (C=O) groups excluding carboxylic acids is 1. The second-order valence-electron chi connectivity index (χ2n) is 9.10. The number of esters is 1. The molecule has 5 atom stereocenters. The van der Waals surface area contributed by atoms with Gasteiger partial charge in [0.1, 0.15) is 0 Å². The van der Waals surface area contributed by atoms with E-state index in [-0.39, 0.29) is 25.1 Å². The van der Waals surface area contributed by atoms with Crippen LogP contribution < -0.4 is 0 Å². The van der Waals surface area contributed by atoms with E-state index in [1.807, 2.05) is 0 Å². The van der Waals surface area contributed by atoms with E-state index in [0.717, 1.165) is 24.2 Å². The number of carbonyl (C=O) groups is 1. The lowest BCUT2D eigenvalue weighted by molar-refractivity contribution is -0.140. The van der Waals surface area contributed by atoms with Gasteiger partial charge in [0.15, 0.2) is 0 Å². The molecular formula is C25H50O3. The van der Waals surface area contributed by atoms with Gasteiger partial charge in [0, 0.05) is 18.1 Å². The molecule has 3 heteroatoms. The average molecular weight is 399 g/mol. The molecule has 3 nitrogen and oxygen atoms in total. The molecule has 28 heavy (non-hydrogen) atoms. The number of hydrogen-bond acceptors (Lipinski definition) is 3. The van der Waals surface area contributed by atoms with Gasteiger partial charge in [-0.3, -0.25) is 0 Å². The smallest absolute Gasteiger partial charge is 0.333 e. The van der Waals surface area contributed by atoms with Crippen molar-refractivity contribution in [3.63, 3.8) is 0 Å².